The van der Waals surface area contributed by atoms with Gasteiger partial charge >= 0.3 is 5.97 Å². The Morgan fingerprint density at radius 1 is 1.38 bits per heavy atom. The van der Waals surface area contributed by atoms with E-state index in [4.69, 9.17) is 5.11 Å². The van der Waals surface area contributed by atoms with Gasteiger partial charge in [-0.2, -0.15) is 0 Å². The van der Waals surface area contributed by atoms with Gasteiger partial charge in [0.1, 0.15) is 0 Å². The average molecular weight is 174 g/mol. The number of hydrogen-bond donors (Lipinski definition) is 1. The first-order chi connectivity index (χ1) is 6.27. The lowest BCUT2D eigenvalue weighted by molar-refractivity contribution is 0.0697. The highest BCUT2D eigenvalue weighted by Gasteiger charge is 2.08. The maximum Gasteiger partial charge on any atom is 0.335 e. The molecule has 2 nitrogen and oxygen atoms in total. The minimum absolute atomic E-state index is 0.383. The molecule has 0 saturated heterocycles. The van der Waals surface area contributed by atoms with E-state index in [-0.39, 0.29) is 0 Å². The standard InChI is InChI=1S/C11H10O2/c12-11(13)10-6-5-8-3-1-2-4-9(8)7-10/h1,3,5-7H,2,4H2,(H,12,13). The second-order valence-corrected chi connectivity index (χ2v) is 3.16. The Hall–Kier alpha value is -1.57. The SMILES string of the molecule is O=C(O)c1ccc2c(c1)CCC=C2. The number of carbonyl (C=O) groups is 1. The van der Waals surface area contributed by atoms with Crippen LogP contribution in [0.4, 0.5) is 0 Å². The van der Waals surface area contributed by atoms with Gasteiger partial charge in [0.05, 0.1) is 5.56 Å². The lowest BCUT2D eigenvalue weighted by Gasteiger charge is -2.10. The van der Waals surface area contributed by atoms with Gasteiger partial charge in [-0.15, -0.1) is 0 Å². The molecule has 0 bridgehead atoms. The van der Waals surface area contributed by atoms with E-state index in [9.17, 15) is 4.79 Å². The molecule has 0 atom stereocenters. The molecular formula is C11H10O2. The molecule has 13 heavy (non-hydrogen) atoms. The van der Waals surface area contributed by atoms with Gasteiger partial charge in [0, 0.05) is 0 Å². The third kappa shape index (κ3) is 1.47. The van der Waals surface area contributed by atoms with Crippen LogP contribution in [0.2, 0.25) is 0 Å². The summed E-state index contributed by atoms with van der Waals surface area (Å²) in [5, 5.41) is 8.77. The van der Waals surface area contributed by atoms with Crippen molar-refractivity contribution in [3.05, 3.63) is 41.0 Å². The van der Waals surface area contributed by atoms with E-state index in [0.717, 1.165) is 24.0 Å². The number of allylic oxidation sites excluding steroid dienone is 1. The fourth-order valence-corrected chi connectivity index (χ4v) is 1.57. The average Bonchev–Trinajstić information content (AvgIpc) is 2.17. The summed E-state index contributed by atoms with van der Waals surface area (Å²) in [5.74, 6) is -0.850. The molecule has 0 amide bonds. The number of fused-ring (bicyclic) bond motifs is 1. The Labute approximate surface area is 76.5 Å². The Morgan fingerprint density at radius 3 is 3.00 bits per heavy atom. The molecule has 0 aromatic heterocycles. The van der Waals surface area contributed by atoms with Gasteiger partial charge in [-0.05, 0) is 36.1 Å². The van der Waals surface area contributed by atoms with Crippen LogP contribution in [0.3, 0.4) is 0 Å². The maximum absolute atomic E-state index is 10.7. The summed E-state index contributed by atoms with van der Waals surface area (Å²) in [6, 6.07) is 5.28. The molecule has 1 N–H and O–H groups in total. The topological polar surface area (TPSA) is 37.3 Å². The third-order valence-electron chi connectivity index (χ3n) is 2.27. The normalized spacial score (nSPS) is 13.8. The van der Waals surface area contributed by atoms with Crippen LogP contribution in [0.1, 0.15) is 27.9 Å². The van der Waals surface area contributed by atoms with E-state index in [1.165, 1.54) is 0 Å². The van der Waals surface area contributed by atoms with Crippen LogP contribution < -0.4 is 0 Å². The minimum atomic E-state index is -0.850. The molecule has 0 fully saturated rings. The summed E-state index contributed by atoms with van der Waals surface area (Å²) in [7, 11) is 0. The van der Waals surface area contributed by atoms with Crippen LogP contribution in [0.25, 0.3) is 6.08 Å². The summed E-state index contributed by atoms with van der Waals surface area (Å²) in [5.41, 5.74) is 2.67. The monoisotopic (exact) mass is 174 g/mol. The number of aryl methyl sites for hydroxylation is 1. The van der Waals surface area contributed by atoms with Crippen LogP contribution >= 0.6 is 0 Å². The first-order valence-corrected chi connectivity index (χ1v) is 4.30. The quantitative estimate of drug-likeness (QED) is 0.709. The molecule has 0 radical (unpaired) electrons. The predicted molar refractivity (Wildman–Crippen MR) is 50.8 cm³/mol. The van der Waals surface area contributed by atoms with Gasteiger partial charge in [-0.25, -0.2) is 4.79 Å². The molecule has 0 aliphatic heterocycles. The smallest absolute Gasteiger partial charge is 0.335 e. The molecule has 1 aromatic carbocycles. The van der Waals surface area contributed by atoms with E-state index in [1.54, 1.807) is 12.1 Å². The van der Waals surface area contributed by atoms with Gasteiger partial charge in [0.25, 0.3) is 0 Å². The minimum Gasteiger partial charge on any atom is -0.478 e. The highest BCUT2D eigenvalue weighted by molar-refractivity contribution is 5.88. The highest BCUT2D eigenvalue weighted by Crippen LogP contribution is 2.20. The van der Waals surface area contributed by atoms with Crippen molar-refractivity contribution in [3.63, 3.8) is 0 Å². The van der Waals surface area contributed by atoms with Gasteiger partial charge < -0.3 is 5.11 Å². The number of rotatable bonds is 1. The molecule has 2 heteroatoms. The number of benzene rings is 1. The summed E-state index contributed by atoms with van der Waals surface area (Å²) in [6.45, 7) is 0. The van der Waals surface area contributed by atoms with Crippen LogP contribution in [0, 0.1) is 0 Å². The lowest BCUT2D eigenvalue weighted by Crippen LogP contribution is -2.00. The van der Waals surface area contributed by atoms with Gasteiger partial charge in [-0.3, -0.25) is 0 Å². The van der Waals surface area contributed by atoms with E-state index >= 15 is 0 Å². The fourth-order valence-electron chi connectivity index (χ4n) is 1.57. The van der Waals surface area contributed by atoms with Crippen molar-refractivity contribution in [1.82, 2.24) is 0 Å². The van der Waals surface area contributed by atoms with Crippen molar-refractivity contribution in [1.29, 1.82) is 0 Å². The number of hydrogen-bond acceptors (Lipinski definition) is 1. The molecule has 1 aliphatic rings. The van der Waals surface area contributed by atoms with Gasteiger partial charge in [0.15, 0.2) is 0 Å². The molecule has 2 rings (SSSR count). The molecule has 1 aromatic rings. The zero-order valence-corrected chi connectivity index (χ0v) is 7.16. The maximum atomic E-state index is 10.7. The van der Waals surface area contributed by atoms with Gasteiger partial charge in [0.2, 0.25) is 0 Å². The zero-order chi connectivity index (χ0) is 9.26. The Kier molecular flexibility index (Phi) is 1.89. The summed E-state index contributed by atoms with van der Waals surface area (Å²) in [4.78, 5) is 10.7. The van der Waals surface area contributed by atoms with E-state index in [1.807, 2.05) is 12.1 Å². The molecule has 1 aliphatic carbocycles. The van der Waals surface area contributed by atoms with Crippen LogP contribution in [-0.4, -0.2) is 11.1 Å². The highest BCUT2D eigenvalue weighted by atomic mass is 16.4. The first kappa shape index (κ1) is 8.05. The fraction of sp³-hybridized carbons (Fsp3) is 0.182. The van der Waals surface area contributed by atoms with Crippen molar-refractivity contribution >= 4 is 12.0 Å². The number of carboxylic acids is 1. The van der Waals surface area contributed by atoms with Crippen LogP contribution in [0.5, 0.6) is 0 Å². The molecule has 0 saturated carbocycles. The van der Waals surface area contributed by atoms with Crippen LogP contribution in [-0.2, 0) is 6.42 Å². The molecular weight excluding hydrogens is 164 g/mol. The Balaban J connectivity index is 2.48. The second kappa shape index (κ2) is 3.05. The van der Waals surface area contributed by atoms with Crippen molar-refractivity contribution in [2.24, 2.45) is 0 Å². The summed E-state index contributed by atoms with van der Waals surface area (Å²) >= 11 is 0. The number of aromatic carboxylic acids is 1. The van der Waals surface area contributed by atoms with Crippen molar-refractivity contribution in [2.45, 2.75) is 12.8 Å². The van der Waals surface area contributed by atoms with E-state index in [2.05, 4.69) is 6.08 Å². The van der Waals surface area contributed by atoms with E-state index < -0.39 is 5.97 Å². The first-order valence-electron chi connectivity index (χ1n) is 4.30. The van der Waals surface area contributed by atoms with E-state index in [0.29, 0.717) is 5.56 Å². The molecule has 0 heterocycles. The Morgan fingerprint density at radius 2 is 2.23 bits per heavy atom. The number of carboxylic acid groups (broad SMARTS) is 1. The summed E-state index contributed by atoms with van der Waals surface area (Å²) < 4.78 is 0. The van der Waals surface area contributed by atoms with Crippen molar-refractivity contribution in [2.75, 3.05) is 0 Å². The van der Waals surface area contributed by atoms with Gasteiger partial charge in [-0.1, -0.05) is 18.2 Å². The summed E-state index contributed by atoms with van der Waals surface area (Å²) in [6.07, 6.45) is 6.12. The predicted octanol–water partition coefficient (Wildman–Crippen LogP) is 2.34. The lowest BCUT2D eigenvalue weighted by atomic mass is 9.95. The van der Waals surface area contributed by atoms with Crippen LogP contribution in [0.15, 0.2) is 24.3 Å². The zero-order valence-electron chi connectivity index (χ0n) is 7.16. The molecule has 0 unspecified atom stereocenters. The molecule has 0 spiro atoms. The largest absolute Gasteiger partial charge is 0.478 e. The van der Waals surface area contributed by atoms with Crippen molar-refractivity contribution in [3.8, 4) is 0 Å². The molecule has 66 valence electrons. The van der Waals surface area contributed by atoms with Crippen molar-refractivity contribution < 1.29 is 9.90 Å². The second-order valence-electron chi connectivity index (χ2n) is 3.16. The Bertz CT molecular complexity index is 378. The third-order valence-corrected chi connectivity index (χ3v) is 2.27.